The van der Waals surface area contributed by atoms with Crippen molar-refractivity contribution in [3.05, 3.63) is 47.5 Å². The first-order valence-electron chi connectivity index (χ1n) is 13.6. The monoisotopic (exact) mass is 597 g/mol. The van der Waals surface area contributed by atoms with E-state index in [0.29, 0.717) is 18.4 Å². The first-order chi connectivity index (χ1) is 19.0. The SMILES string of the molecule is CO[C@@](C(=O)O[C@@H](C[C@H]1C(C)=CC(=O)[C@H]2C(C)(C)C[C@H](Cl)C[C@]12C)[C@H]1CC(=O)NC1=O)(c1ccccc1)C(F)(F)F. The molecule has 2 fully saturated rings. The Labute approximate surface area is 242 Å². The molecule has 0 bridgehead atoms. The van der Waals surface area contributed by atoms with Gasteiger partial charge in [0.2, 0.25) is 11.8 Å². The van der Waals surface area contributed by atoms with E-state index in [-0.39, 0.29) is 24.0 Å². The Bertz CT molecular complexity index is 1260. The predicted molar refractivity (Wildman–Crippen MR) is 143 cm³/mol. The van der Waals surface area contributed by atoms with Crippen LogP contribution in [0.4, 0.5) is 13.2 Å². The molecule has 1 saturated carbocycles. The number of alkyl halides is 4. The summed E-state index contributed by atoms with van der Waals surface area (Å²) in [5.41, 5.74) is -4.53. The van der Waals surface area contributed by atoms with Gasteiger partial charge in [0.1, 0.15) is 6.10 Å². The zero-order valence-corrected chi connectivity index (χ0v) is 24.4. The Morgan fingerprint density at radius 3 is 2.29 bits per heavy atom. The number of amides is 2. The third-order valence-electron chi connectivity index (χ3n) is 9.20. The van der Waals surface area contributed by atoms with Crippen LogP contribution in [-0.4, -0.2) is 48.3 Å². The van der Waals surface area contributed by atoms with Crippen molar-refractivity contribution in [2.24, 2.45) is 28.6 Å². The highest BCUT2D eigenvalue weighted by Gasteiger charge is 2.65. The van der Waals surface area contributed by atoms with E-state index in [2.05, 4.69) is 5.32 Å². The molecule has 3 aliphatic rings. The average molecular weight is 598 g/mol. The molecule has 41 heavy (non-hydrogen) atoms. The topological polar surface area (TPSA) is 98.8 Å². The van der Waals surface area contributed by atoms with Gasteiger partial charge in [-0.2, -0.15) is 13.2 Å². The standard InChI is InChI=1S/C30H35ClF3NO6/c1-16-11-21(36)24-27(2,3)14-18(31)15-28(24,4)20(16)13-22(19-12-23(37)35-25(19)38)41-26(39)29(40-5,30(32,33)34)17-9-7-6-8-10-17/h6-11,18-20,22,24H,12-15H2,1-5H3,(H,35,37,38)/t18-,19+,20-,22-,24-,28+,29+/m0/s1. The molecule has 0 aromatic heterocycles. The van der Waals surface area contributed by atoms with Crippen LogP contribution in [-0.2, 0) is 34.3 Å². The summed E-state index contributed by atoms with van der Waals surface area (Å²) >= 11 is 6.69. The van der Waals surface area contributed by atoms with Crippen molar-refractivity contribution in [1.29, 1.82) is 0 Å². The van der Waals surface area contributed by atoms with Gasteiger partial charge in [0.25, 0.3) is 5.60 Å². The first kappa shape index (κ1) is 31.2. The second-order valence-corrected chi connectivity index (χ2v) is 13.0. The van der Waals surface area contributed by atoms with Crippen LogP contribution < -0.4 is 5.32 Å². The van der Waals surface area contributed by atoms with Crippen LogP contribution >= 0.6 is 11.6 Å². The molecule has 1 heterocycles. The van der Waals surface area contributed by atoms with Crippen LogP contribution in [0.15, 0.2) is 42.0 Å². The number of hydrogen-bond donors (Lipinski definition) is 1. The third kappa shape index (κ3) is 5.33. The smallest absolute Gasteiger partial charge is 0.432 e. The summed E-state index contributed by atoms with van der Waals surface area (Å²) < 4.78 is 54.4. The van der Waals surface area contributed by atoms with E-state index in [1.807, 2.05) is 20.8 Å². The molecule has 7 nitrogen and oxygen atoms in total. The van der Waals surface area contributed by atoms with E-state index in [1.165, 1.54) is 24.3 Å². The fourth-order valence-electron chi connectivity index (χ4n) is 7.69. The zero-order valence-electron chi connectivity index (χ0n) is 23.6. The largest absolute Gasteiger partial charge is 0.459 e. The minimum absolute atomic E-state index is 0.0586. The van der Waals surface area contributed by atoms with Crippen molar-refractivity contribution in [3.63, 3.8) is 0 Å². The van der Waals surface area contributed by atoms with Gasteiger partial charge >= 0.3 is 12.1 Å². The number of nitrogens with one attached hydrogen (secondary N) is 1. The zero-order chi connectivity index (χ0) is 30.5. The summed E-state index contributed by atoms with van der Waals surface area (Å²) in [5.74, 6) is -5.31. The highest BCUT2D eigenvalue weighted by molar-refractivity contribution is 6.20. The van der Waals surface area contributed by atoms with Crippen molar-refractivity contribution in [3.8, 4) is 0 Å². The predicted octanol–water partition coefficient (Wildman–Crippen LogP) is 5.25. The van der Waals surface area contributed by atoms with Gasteiger partial charge in [-0.25, -0.2) is 4.79 Å². The number of fused-ring (bicyclic) bond motifs is 1. The summed E-state index contributed by atoms with van der Waals surface area (Å²) in [6.45, 7) is 7.59. The number of esters is 1. The molecule has 1 aromatic carbocycles. The van der Waals surface area contributed by atoms with Crippen molar-refractivity contribution in [1.82, 2.24) is 5.32 Å². The van der Waals surface area contributed by atoms with Crippen LogP contribution in [0.3, 0.4) is 0 Å². The van der Waals surface area contributed by atoms with E-state index in [4.69, 9.17) is 21.1 Å². The van der Waals surface area contributed by atoms with Gasteiger partial charge in [-0.1, -0.05) is 56.7 Å². The molecule has 7 atom stereocenters. The normalized spacial score (nSPS) is 31.9. The summed E-state index contributed by atoms with van der Waals surface area (Å²) in [7, 11) is 0.762. The average Bonchev–Trinajstić information content (AvgIpc) is 3.17. The molecule has 2 amide bonds. The lowest BCUT2D eigenvalue weighted by molar-refractivity contribution is -0.279. The maximum absolute atomic E-state index is 14.6. The summed E-state index contributed by atoms with van der Waals surface area (Å²) in [5, 5.41) is 1.90. The second-order valence-electron chi connectivity index (χ2n) is 12.4. The number of rotatable bonds is 7. The molecule has 2 aliphatic carbocycles. The van der Waals surface area contributed by atoms with Gasteiger partial charge in [-0.3, -0.25) is 19.7 Å². The number of hydrogen-bond acceptors (Lipinski definition) is 6. The molecular weight excluding hydrogens is 563 g/mol. The summed E-state index contributed by atoms with van der Waals surface area (Å²) in [6.07, 6.45) is -4.52. The molecule has 4 rings (SSSR count). The summed E-state index contributed by atoms with van der Waals surface area (Å²) in [6, 6.07) is 6.38. The van der Waals surface area contributed by atoms with Gasteiger partial charge in [0.15, 0.2) is 5.78 Å². The number of ether oxygens (including phenoxy) is 2. The van der Waals surface area contributed by atoms with E-state index < -0.39 is 69.8 Å². The number of ketones is 1. The second kappa shape index (κ2) is 10.8. The molecule has 1 saturated heterocycles. The fraction of sp³-hybridized carbons (Fsp3) is 0.600. The Morgan fingerprint density at radius 2 is 1.76 bits per heavy atom. The highest BCUT2D eigenvalue weighted by Crippen LogP contribution is 2.60. The Hall–Kier alpha value is -2.72. The first-order valence-corrected chi connectivity index (χ1v) is 14.0. The van der Waals surface area contributed by atoms with Gasteiger partial charge in [0, 0.05) is 30.4 Å². The molecule has 1 aromatic rings. The van der Waals surface area contributed by atoms with Crippen LogP contribution in [0.25, 0.3) is 0 Å². The lowest BCUT2D eigenvalue weighted by atomic mass is 9.47. The Balaban J connectivity index is 1.78. The van der Waals surface area contributed by atoms with Crippen LogP contribution in [0.2, 0.25) is 0 Å². The minimum Gasteiger partial charge on any atom is -0.459 e. The molecule has 0 spiro atoms. The Kier molecular flexibility index (Phi) is 8.25. The van der Waals surface area contributed by atoms with E-state index in [9.17, 15) is 32.3 Å². The Morgan fingerprint density at radius 1 is 1.12 bits per heavy atom. The van der Waals surface area contributed by atoms with Crippen molar-refractivity contribution >= 4 is 35.2 Å². The van der Waals surface area contributed by atoms with Crippen molar-refractivity contribution in [2.45, 2.75) is 76.6 Å². The molecule has 224 valence electrons. The molecule has 0 radical (unpaired) electrons. The lowest BCUT2D eigenvalue weighted by Gasteiger charge is -2.57. The number of carbonyl (C=O) groups is 4. The number of halogens is 4. The third-order valence-corrected chi connectivity index (χ3v) is 9.51. The number of allylic oxidation sites excluding steroid dienone is 2. The molecule has 1 N–H and O–H groups in total. The molecular formula is C30H35ClF3NO6. The van der Waals surface area contributed by atoms with E-state index in [0.717, 1.165) is 19.2 Å². The number of benzene rings is 1. The highest BCUT2D eigenvalue weighted by atomic mass is 35.5. The van der Waals surface area contributed by atoms with Crippen molar-refractivity contribution in [2.75, 3.05) is 7.11 Å². The van der Waals surface area contributed by atoms with Crippen molar-refractivity contribution < 1.29 is 41.8 Å². The molecule has 11 heteroatoms. The maximum Gasteiger partial charge on any atom is 0.432 e. The number of carbonyl (C=O) groups excluding carboxylic acids is 4. The minimum atomic E-state index is -5.22. The lowest BCUT2D eigenvalue weighted by Crippen LogP contribution is -2.56. The molecule has 0 unspecified atom stereocenters. The summed E-state index contributed by atoms with van der Waals surface area (Å²) in [4.78, 5) is 51.9. The van der Waals surface area contributed by atoms with E-state index in [1.54, 1.807) is 6.92 Å². The van der Waals surface area contributed by atoms with Gasteiger partial charge in [-0.05, 0) is 49.0 Å². The number of imide groups is 1. The van der Waals surface area contributed by atoms with Crippen LogP contribution in [0.1, 0.15) is 58.9 Å². The van der Waals surface area contributed by atoms with Crippen LogP contribution in [0, 0.1) is 28.6 Å². The quantitative estimate of drug-likeness (QED) is 0.262. The van der Waals surface area contributed by atoms with Gasteiger partial charge in [0.05, 0.1) is 5.92 Å². The van der Waals surface area contributed by atoms with Crippen LogP contribution in [0.5, 0.6) is 0 Å². The number of methoxy groups -OCH3 is 1. The van der Waals surface area contributed by atoms with E-state index >= 15 is 0 Å². The fourth-order valence-corrected chi connectivity index (χ4v) is 8.42. The molecule has 1 aliphatic heterocycles. The van der Waals surface area contributed by atoms with Gasteiger partial charge < -0.3 is 9.47 Å². The maximum atomic E-state index is 14.6. The van der Waals surface area contributed by atoms with Gasteiger partial charge in [-0.15, -0.1) is 11.6 Å².